The number of nitrogens with one attached hydrogen (secondary N) is 1. The van der Waals surface area contributed by atoms with Crippen molar-refractivity contribution in [2.75, 3.05) is 5.32 Å². The summed E-state index contributed by atoms with van der Waals surface area (Å²) in [5.74, 6) is 0.500. The third-order valence-electron chi connectivity index (χ3n) is 4.16. The number of hydrogen-bond donors (Lipinski definition) is 1. The summed E-state index contributed by atoms with van der Waals surface area (Å²) in [5.41, 5.74) is 2.06. The van der Waals surface area contributed by atoms with Crippen molar-refractivity contribution in [2.24, 2.45) is 0 Å². The molecule has 25 heavy (non-hydrogen) atoms. The van der Waals surface area contributed by atoms with E-state index in [2.05, 4.69) is 15.4 Å². The number of pyridine rings is 1. The predicted octanol–water partition coefficient (Wildman–Crippen LogP) is 3.98. The average Bonchev–Trinajstić information content (AvgIpc) is 3.04. The lowest BCUT2D eigenvalue weighted by molar-refractivity contribution is 0.102. The van der Waals surface area contributed by atoms with E-state index < -0.39 is 0 Å². The van der Waals surface area contributed by atoms with E-state index in [-0.39, 0.29) is 5.91 Å². The molecule has 1 amide bonds. The molecule has 0 saturated heterocycles. The summed E-state index contributed by atoms with van der Waals surface area (Å²) in [5, 5.41) is 9.39. The highest BCUT2D eigenvalue weighted by Crippen LogP contribution is 2.24. The first kappa shape index (κ1) is 15.1. The molecule has 2 heterocycles. The van der Waals surface area contributed by atoms with Crippen molar-refractivity contribution < 1.29 is 4.79 Å². The monoisotopic (exact) mass is 328 g/mol. The minimum Gasteiger partial charge on any atom is -0.321 e. The van der Waals surface area contributed by atoms with Gasteiger partial charge in [0.25, 0.3) is 5.91 Å². The average molecular weight is 328 g/mol. The van der Waals surface area contributed by atoms with Gasteiger partial charge in [0.1, 0.15) is 0 Å². The summed E-state index contributed by atoms with van der Waals surface area (Å²) in [6, 6.07) is 19.4. The van der Waals surface area contributed by atoms with E-state index >= 15 is 0 Å². The largest absolute Gasteiger partial charge is 0.321 e. The molecule has 0 aliphatic carbocycles. The number of fused-ring (bicyclic) bond motifs is 1. The molecule has 0 unspecified atom stereocenters. The quantitative estimate of drug-likeness (QED) is 0.619. The SMILES string of the molecule is Cc1c(C(=O)Nc2cccc3ccccc23)cnn1-c1ccccn1. The second kappa shape index (κ2) is 6.20. The molecule has 5 nitrogen and oxygen atoms in total. The van der Waals surface area contributed by atoms with Crippen LogP contribution in [0, 0.1) is 6.92 Å². The van der Waals surface area contributed by atoms with Crippen molar-refractivity contribution in [1.29, 1.82) is 0 Å². The number of carbonyl (C=O) groups is 1. The number of benzene rings is 2. The number of amides is 1. The fourth-order valence-electron chi connectivity index (χ4n) is 2.87. The maximum Gasteiger partial charge on any atom is 0.259 e. The van der Waals surface area contributed by atoms with Crippen LogP contribution in [0.4, 0.5) is 5.69 Å². The molecule has 0 spiro atoms. The second-order valence-corrected chi connectivity index (χ2v) is 5.72. The van der Waals surface area contributed by atoms with Gasteiger partial charge in [-0.15, -0.1) is 0 Å². The summed E-state index contributed by atoms with van der Waals surface area (Å²) in [6.07, 6.45) is 3.27. The molecule has 0 radical (unpaired) electrons. The number of anilines is 1. The van der Waals surface area contributed by atoms with E-state index in [0.717, 1.165) is 22.2 Å². The zero-order chi connectivity index (χ0) is 17.2. The van der Waals surface area contributed by atoms with Gasteiger partial charge in [0, 0.05) is 17.3 Å². The number of nitrogens with zero attached hydrogens (tertiary/aromatic N) is 3. The Hall–Kier alpha value is -3.47. The molecule has 4 rings (SSSR count). The van der Waals surface area contributed by atoms with E-state index in [1.165, 1.54) is 0 Å². The first-order chi connectivity index (χ1) is 12.2. The van der Waals surface area contributed by atoms with Gasteiger partial charge in [-0.2, -0.15) is 5.10 Å². The molecule has 2 aromatic heterocycles. The smallest absolute Gasteiger partial charge is 0.259 e. The van der Waals surface area contributed by atoms with Crippen LogP contribution in [0.1, 0.15) is 16.1 Å². The topological polar surface area (TPSA) is 59.8 Å². The van der Waals surface area contributed by atoms with Gasteiger partial charge >= 0.3 is 0 Å². The normalized spacial score (nSPS) is 10.8. The lowest BCUT2D eigenvalue weighted by Crippen LogP contribution is -2.13. The van der Waals surface area contributed by atoms with E-state index in [4.69, 9.17) is 0 Å². The van der Waals surface area contributed by atoms with Crippen molar-refractivity contribution in [3.8, 4) is 5.82 Å². The van der Waals surface area contributed by atoms with Crippen LogP contribution in [0.2, 0.25) is 0 Å². The van der Waals surface area contributed by atoms with Crippen LogP contribution >= 0.6 is 0 Å². The fourth-order valence-corrected chi connectivity index (χ4v) is 2.87. The van der Waals surface area contributed by atoms with Crippen molar-refractivity contribution >= 4 is 22.4 Å². The fraction of sp³-hybridized carbons (Fsp3) is 0.0500. The van der Waals surface area contributed by atoms with Crippen LogP contribution in [-0.4, -0.2) is 20.7 Å². The Morgan fingerprint density at radius 2 is 1.80 bits per heavy atom. The standard InChI is InChI=1S/C20H16N4O/c1-14-17(13-22-24(14)19-11-4-5-12-21-19)20(25)23-18-10-6-8-15-7-2-3-9-16(15)18/h2-13H,1H3,(H,23,25). The van der Waals surface area contributed by atoms with Gasteiger partial charge in [-0.3, -0.25) is 4.79 Å². The first-order valence-corrected chi connectivity index (χ1v) is 7.99. The number of hydrogen-bond acceptors (Lipinski definition) is 3. The third kappa shape index (κ3) is 2.76. The minimum atomic E-state index is -0.184. The molecule has 0 fully saturated rings. The maximum atomic E-state index is 12.7. The van der Waals surface area contributed by atoms with Crippen molar-refractivity contribution in [3.05, 3.63) is 84.3 Å². The zero-order valence-electron chi connectivity index (χ0n) is 13.7. The van der Waals surface area contributed by atoms with Gasteiger partial charge in [-0.05, 0) is 30.5 Å². The number of carbonyl (C=O) groups excluding carboxylic acids is 1. The van der Waals surface area contributed by atoms with E-state index in [1.807, 2.05) is 67.6 Å². The van der Waals surface area contributed by atoms with Gasteiger partial charge in [0.05, 0.1) is 17.5 Å². The maximum absolute atomic E-state index is 12.7. The highest BCUT2D eigenvalue weighted by molar-refractivity contribution is 6.09. The van der Waals surface area contributed by atoms with Crippen LogP contribution < -0.4 is 5.32 Å². The molecular weight excluding hydrogens is 312 g/mol. The Bertz CT molecular complexity index is 1050. The first-order valence-electron chi connectivity index (χ1n) is 7.99. The Balaban J connectivity index is 1.67. The Morgan fingerprint density at radius 1 is 1.00 bits per heavy atom. The Labute approximate surface area is 144 Å². The summed E-state index contributed by atoms with van der Waals surface area (Å²) >= 11 is 0. The van der Waals surface area contributed by atoms with E-state index in [1.54, 1.807) is 17.1 Å². The molecule has 0 aliphatic heterocycles. The van der Waals surface area contributed by atoms with Crippen molar-refractivity contribution in [2.45, 2.75) is 6.92 Å². The van der Waals surface area contributed by atoms with Crippen LogP contribution in [0.5, 0.6) is 0 Å². The molecular formula is C20H16N4O. The van der Waals surface area contributed by atoms with Crippen LogP contribution in [-0.2, 0) is 0 Å². The van der Waals surface area contributed by atoms with E-state index in [9.17, 15) is 4.79 Å². The third-order valence-corrected chi connectivity index (χ3v) is 4.16. The van der Waals surface area contributed by atoms with Crippen LogP contribution in [0.25, 0.3) is 16.6 Å². The van der Waals surface area contributed by atoms with Crippen molar-refractivity contribution in [1.82, 2.24) is 14.8 Å². The molecule has 0 saturated carbocycles. The second-order valence-electron chi connectivity index (χ2n) is 5.72. The molecule has 122 valence electrons. The molecule has 2 aromatic carbocycles. The molecule has 0 aliphatic rings. The van der Waals surface area contributed by atoms with Gasteiger partial charge < -0.3 is 5.32 Å². The molecule has 5 heteroatoms. The van der Waals surface area contributed by atoms with E-state index in [0.29, 0.717) is 11.4 Å². The lowest BCUT2D eigenvalue weighted by Gasteiger charge is -2.09. The van der Waals surface area contributed by atoms with Crippen LogP contribution in [0.3, 0.4) is 0 Å². The van der Waals surface area contributed by atoms with Gasteiger partial charge in [0.2, 0.25) is 0 Å². The van der Waals surface area contributed by atoms with Gasteiger partial charge in [0.15, 0.2) is 5.82 Å². The highest BCUT2D eigenvalue weighted by atomic mass is 16.1. The Kier molecular flexibility index (Phi) is 3.74. The predicted molar refractivity (Wildman–Crippen MR) is 98.0 cm³/mol. The molecule has 0 atom stereocenters. The van der Waals surface area contributed by atoms with Crippen LogP contribution in [0.15, 0.2) is 73.1 Å². The van der Waals surface area contributed by atoms with Gasteiger partial charge in [-0.25, -0.2) is 9.67 Å². The number of aromatic nitrogens is 3. The summed E-state index contributed by atoms with van der Waals surface area (Å²) < 4.78 is 1.66. The van der Waals surface area contributed by atoms with Gasteiger partial charge in [-0.1, -0.05) is 42.5 Å². The summed E-state index contributed by atoms with van der Waals surface area (Å²) in [6.45, 7) is 1.86. The molecule has 1 N–H and O–H groups in total. The lowest BCUT2D eigenvalue weighted by atomic mass is 10.1. The molecule has 0 bridgehead atoms. The number of rotatable bonds is 3. The Morgan fingerprint density at radius 3 is 2.64 bits per heavy atom. The zero-order valence-corrected chi connectivity index (χ0v) is 13.7. The highest BCUT2D eigenvalue weighted by Gasteiger charge is 2.16. The molecule has 4 aromatic rings. The van der Waals surface area contributed by atoms with Crippen molar-refractivity contribution in [3.63, 3.8) is 0 Å². The minimum absolute atomic E-state index is 0.184. The summed E-state index contributed by atoms with van der Waals surface area (Å²) in [4.78, 5) is 17.0. The summed E-state index contributed by atoms with van der Waals surface area (Å²) in [7, 11) is 0.